The van der Waals surface area contributed by atoms with E-state index in [-0.39, 0.29) is 0 Å². The summed E-state index contributed by atoms with van der Waals surface area (Å²) in [6.45, 7) is 4.00. The zero-order valence-electron chi connectivity index (χ0n) is 12.4. The lowest BCUT2D eigenvalue weighted by atomic mass is 10.1. The summed E-state index contributed by atoms with van der Waals surface area (Å²) in [4.78, 5) is 0. The highest BCUT2D eigenvalue weighted by molar-refractivity contribution is 5.55. The molecule has 1 rings (SSSR count). The molecule has 0 spiro atoms. The minimum atomic E-state index is 0.651. The number of benzene rings is 1. The molecule has 1 N–H and O–H groups in total. The number of rotatable bonds is 9. The molecule has 0 heterocycles. The van der Waals surface area contributed by atoms with Crippen molar-refractivity contribution in [1.29, 1.82) is 0 Å². The quantitative estimate of drug-likeness (QED) is 0.698. The molecule has 1 aromatic carbocycles. The lowest BCUT2D eigenvalue weighted by Crippen LogP contribution is -2.15. The second-order valence-electron chi connectivity index (χ2n) is 4.38. The van der Waals surface area contributed by atoms with Gasteiger partial charge in [-0.15, -0.1) is 0 Å². The Kier molecular flexibility index (Phi) is 7.11. The molecule has 19 heavy (non-hydrogen) atoms. The standard InChI is InChI=1S/C15H25NO3/c1-5-6-7-10-16-11-12-8-9-13(17-2)15(19-4)14(12)18-3/h8-9,16H,5-7,10-11H2,1-4H3. The first-order valence-corrected chi connectivity index (χ1v) is 6.77. The topological polar surface area (TPSA) is 39.7 Å². The van der Waals surface area contributed by atoms with E-state index >= 15 is 0 Å². The molecule has 4 heteroatoms. The van der Waals surface area contributed by atoms with Crippen molar-refractivity contribution in [2.24, 2.45) is 0 Å². The van der Waals surface area contributed by atoms with E-state index in [1.54, 1.807) is 21.3 Å². The van der Waals surface area contributed by atoms with Crippen molar-refractivity contribution >= 4 is 0 Å². The van der Waals surface area contributed by atoms with Gasteiger partial charge in [-0.2, -0.15) is 0 Å². The van der Waals surface area contributed by atoms with Crippen molar-refractivity contribution in [2.75, 3.05) is 27.9 Å². The van der Waals surface area contributed by atoms with E-state index in [2.05, 4.69) is 12.2 Å². The van der Waals surface area contributed by atoms with E-state index in [0.717, 1.165) is 24.4 Å². The van der Waals surface area contributed by atoms with Gasteiger partial charge in [-0.3, -0.25) is 0 Å². The van der Waals surface area contributed by atoms with Gasteiger partial charge in [0.25, 0.3) is 0 Å². The molecule has 0 saturated carbocycles. The molecule has 0 radical (unpaired) electrons. The zero-order chi connectivity index (χ0) is 14.1. The molecule has 0 amide bonds. The van der Waals surface area contributed by atoms with Crippen molar-refractivity contribution in [2.45, 2.75) is 32.7 Å². The molecule has 0 aliphatic carbocycles. The van der Waals surface area contributed by atoms with Crippen LogP contribution in [-0.2, 0) is 6.54 Å². The fourth-order valence-electron chi connectivity index (χ4n) is 2.03. The Hall–Kier alpha value is -1.42. The first kappa shape index (κ1) is 15.6. The summed E-state index contributed by atoms with van der Waals surface area (Å²) < 4.78 is 16.1. The lowest BCUT2D eigenvalue weighted by Gasteiger charge is -2.16. The van der Waals surface area contributed by atoms with Crippen LogP contribution in [0.15, 0.2) is 12.1 Å². The first-order valence-electron chi connectivity index (χ1n) is 6.77. The summed E-state index contributed by atoms with van der Waals surface area (Å²) in [7, 11) is 4.90. The number of unbranched alkanes of at least 4 members (excludes halogenated alkanes) is 2. The summed E-state index contributed by atoms with van der Waals surface area (Å²) in [5, 5.41) is 3.42. The van der Waals surface area contributed by atoms with Crippen LogP contribution in [0.2, 0.25) is 0 Å². The molecule has 0 unspecified atom stereocenters. The van der Waals surface area contributed by atoms with Gasteiger partial charge in [-0.25, -0.2) is 0 Å². The van der Waals surface area contributed by atoms with E-state index in [1.807, 2.05) is 12.1 Å². The predicted octanol–water partition coefficient (Wildman–Crippen LogP) is 2.99. The van der Waals surface area contributed by atoms with Gasteiger partial charge >= 0.3 is 0 Å². The van der Waals surface area contributed by atoms with Gasteiger partial charge in [0, 0.05) is 12.1 Å². The number of nitrogens with one attached hydrogen (secondary N) is 1. The average molecular weight is 267 g/mol. The summed E-state index contributed by atoms with van der Waals surface area (Å²) in [5.74, 6) is 2.08. The van der Waals surface area contributed by atoms with Gasteiger partial charge in [-0.1, -0.05) is 25.8 Å². The Morgan fingerprint density at radius 1 is 0.947 bits per heavy atom. The summed E-state index contributed by atoms with van der Waals surface area (Å²) >= 11 is 0. The van der Waals surface area contributed by atoms with Crippen LogP contribution in [0.25, 0.3) is 0 Å². The smallest absolute Gasteiger partial charge is 0.203 e. The first-order chi connectivity index (χ1) is 9.28. The highest BCUT2D eigenvalue weighted by Crippen LogP contribution is 2.39. The Morgan fingerprint density at radius 2 is 1.68 bits per heavy atom. The molecular formula is C15H25NO3. The third-order valence-corrected chi connectivity index (χ3v) is 3.06. The Bertz CT molecular complexity index is 380. The van der Waals surface area contributed by atoms with Crippen LogP contribution in [0.3, 0.4) is 0 Å². The summed E-state index contributed by atoms with van der Waals surface area (Å²) in [6.07, 6.45) is 3.70. The Labute approximate surface area is 116 Å². The third kappa shape index (κ3) is 4.31. The minimum Gasteiger partial charge on any atom is -0.493 e. The van der Waals surface area contributed by atoms with Crippen LogP contribution in [0.1, 0.15) is 31.7 Å². The van der Waals surface area contributed by atoms with Crippen LogP contribution in [0.5, 0.6) is 17.2 Å². The maximum atomic E-state index is 5.44. The van der Waals surface area contributed by atoms with Crippen LogP contribution in [0.4, 0.5) is 0 Å². The second-order valence-corrected chi connectivity index (χ2v) is 4.38. The largest absolute Gasteiger partial charge is 0.493 e. The lowest BCUT2D eigenvalue weighted by molar-refractivity contribution is 0.321. The minimum absolute atomic E-state index is 0.651. The van der Waals surface area contributed by atoms with Gasteiger partial charge in [0.1, 0.15) is 0 Å². The fourth-order valence-corrected chi connectivity index (χ4v) is 2.03. The van der Waals surface area contributed by atoms with Gasteiger partial charge in [-0.05, 0) is 19.0 Å². The molecule has 0 aliphatic rings. The summed E-state index contributed by atoms with van der Waals surface area (Å²) in [5.41, 5.74) is 1.08. The van der Waals surface area contributed by atoms with Gasteiger partial charge in [0.05, 0.1) is 21.3 Å². The van der Waals surface area contributed by atoms with Crippen molar-refractivity contribution in [1.82, 2.24) is 5.32 Å². The summed E-state index contributed by atoms with van der Waals surface area (Å²) in [6, 6.07) is 3.91. The van der Waals surface area contributed by atoms with Crippen LogP contribution in [0, 0.1) is 0 Å². The highest BCUT2D eigenvalue weighted by Gasteiger charge is 2.15. The number of hydrogen-bond donors (Lipinski definition) is 1. The van der Waals surface area contributed by atoms with E-state index in [1.165, 1.54) is 19.3 Å². The molecule has 0 atom stereocenters. The van der Waals surface area contributed by atoms with Crippen LogP contribution >= 0.6 is 0 Å². The van der Waals surface area contributed by atoms with E-state index in [9.17, 15) is 0 Å². The number of ether oxygens (including phenoxy) is 3. The SMILES string of the molecule is CCCCCNCc1ccc(OC)c(OC)c1OC. The van der Waals surface area contributed by atoms with E-state index in [4.69, 9.17) is 14.2 Å². The predicted molar refractivity (Wildman–Crippen MR) is 77.3 cm³/mol. The molecule has 0 bridgehead atoms. The molecular weight excluding hydrogens is 242 g/mol. The Morgan fingerprint density at radius 3 is 2.26 bits per heavy atom. The number of methoxy groups -OCH3 is 3. The van der Waals surface area contributed by atoms with Crippen LogP contribution in [-0.4, -0.2) is 27.9 Å². The fraction of sp³-hybridized carbons (Fsp3) is 0.600. The van der Waals surface area contributed by atoms with Crippen molar-refractivity contribution in [3.05, 3.63) is 17.7 Å². The number of hydrogen-bond acceptors (Lipinski definition) is 4. The zero-order valence-corrected chi connectivity index (χ0v) is 12.4. The van der Waals surface area contributed by atoms with Gasteiger partial charge in [0.15, 0.2) is 11.5 Å². The van der Waals surface area contributed by atoms with Crippen molar-refractivity contribution in [3.8, 4) is 17.2 Å². The highest BCUT2D eigenvalue weighted by atomic mass is 16.5. The van der Waals surface area contributed by atoms with E-state index < -0.39 is 0 Å². The van der Waals surface area contributed by atoms with E-state index in [0.29, 0.717) is 11.5 Å². The van der Waals surface area contributed by atoms with Gasteiger partial charge in [0.2, 0.25) is 5.75 Å². The third-order valence-electron chi connectivity index (χ3n) is 3.06. The maximum Gasteiger partial charge on any atom is 0.203 e. The average Bonchev–Trinajstić information content (AvgIpc) is 2.45. The molecule has 0 aromatic heterocycles. The molecule has 0 fully saturated rings. The maximum absolute atomic E-state index is 5.44. The monoisotopic (exact) mass is 267 g/mol. The molecule has 0 aliphatic heterocycles. The molecule has 108 valence electrons. The van der Waals surface area contributed by atoms with Crippen molar-refractivity contribution in [3.63, 3.8) is 0 Å². The van der Waals surface area contributed by atoms with Crippen LogP contribution < -0.4 is 19.5 Å². The molecule has 1 aromatic rings. The normalized spacial score (nSPS) is 10.3. The molecule has 4 nitrogen and oxygen atoms in total. The molecule has 0 saturated heterocycles. The second kappa shape index (κ2) is 8.64. The Balaban J connectivity index is 2.72. The van der Waals surface area contributed by atoms with Crippen molar-refractivity contribution < 1.29 is 14.2 Å². The van der Waals surface area contributed by atoms with Gasteiger partial charge < -0.3 is 19.5 Å².